The zero-order valence-electron chi connectivity index (χ0n) is 11.8. The Balaban J connectivity index is 1.56. The normalized spacial score (nSPS) is 21.6. The first kappa shape index (κ1) is 13.3. The molecule has 5 heteroatoms. The molecule has 2 aliphatic heterocycles. The fraction of sp³-hybridized carbons (Fsp3) is 0.786. The van der Waals surface area contributed by atoms with Crippen LogP contribution >= 0.6 is 11.3 Å². The summed E-state index contributed by atoms with van der Waals surface area (Å²) >= 11 is 1.73. The SMILES string of the molecule is CC(C)N1CCC(Oc2nc3c(s2)CNCC3)CC1. The zero-order chi connectivity index (χ0) is 13.2. The van der Waals surface area contributed by atoms with Crippen LogP contribution in [0, 0.1) is 0 Å². The largest absolute Gasteiger partial charge is 0.467 e. The Kier molecular flexibility index (Phi) is 4.05. The molecule has 3 rings (SSSR count). The van der Waals surface area contributed by atoms with Crippen LogP contribution < -0.4 is 10.1 Å². The third kappa shape index (κ3) is 3.09. The van der Waals surface area contributed by atoms with Crippen molar-refractivity contribution in [3.05, 3.63) is 10.6 Å². The molecule has 0 bridgehead atoms. The van der Waals surface area contributed by atoms with E-state index in [1.807, 2.05) is 0 Å². The van der Waals surface area contributed by atoms with Gasteiger partial charge in [0, 0.05) is 43.5 Å². The summed E-state index contributed by atoms with van der Waals surface area (Å²) in [4.78, 5) is 8.53. The van der Waals surface area contributed by atoms with Gasteiger partial charge in [-0.15, -0.1) is 0 Å². The summed E-state index contributed by atoms with van der Waals surface area (Å²) in [6.07, 6.45) is 3.65. The molecule has 4 nitrogen and oxygen atoms in total. The number of thiazole rings is 1. The third-order valence-electron chi connectivity index (χ3n) is 4.06. The molecule has 3 heterocycles. The van der Waals surface area contributed by atoms with Crippen molar-refractivity contribution in [2.24, 2.45) is 0 Å². The number of fused-ring (bicyclic) bond motifs is 1. The van der Waals surface area contributed by atoms with E-state index in [1.165, 1.54) is 10.6 Å². The maximum atomic E-state index is 6.09. The molecule has 1 aromatic heterocycles. The lowest BCUT2D eigenvalue weighted by Crippen LogP contribution is -2.41. The van der Waals surface area contributed by atoms with Gasteiger partial charge in [0.05, 0.1) is 5.69 Å². The number of aromatic nitrogens is 1. The van der Waals surface area contributed by atoms with Crippen molar-refractivity contribution >= 4 is 11.3 Å². The van der Waals surface area contributed by atoms with Gasteiger partial charge in [0.15, 0.2) is 0 Å². The molecule has 2 aliphatic rings. The number of hydrogen-bond acceptors (Lipinski definition) is 5. The molecule has 106 valence electrons. The summed E-state index contributed by atoms with van der Waals surface area (Å²) in [6.45, 7) is 8.83. The van der Waals surface area contributed by atoms with Gasteiger partial charge in [0.1, 0.15) is 6.10 Å². The minimum absolute atomic E-state index is 0.357. The first-order valence-electron chi connectivity index (χ1n) is 7.32. The Labute approximate surface area is 119 Å². The molecule has 1 fully saturated rings. The van der Waals surface area contributed by atoms with E-state index in [0.717, 1.165) is 50.6 Å². The molecule has 1 saturated heterocycles. The highest BCUT2D eigenvalue weighted by Gasteiger charge is 2.24. The van der Waals surface area contributed by atoms with E-state index < -0.39 is 0 Å². The number of nitrogens with one attached hydrogen (secondary N) is 1. The molecule has 1 N–H and O–H groups in total. The predicted octanol–water partition coefficient (Wildman–Crippen LogP) is 2.04. The van der Waals surface area contributed by atoms with Crippen LogP contribution in [0.4, 0.5) is 0 Å². The fourth-order valence-electron chi connectivity index (χ4n) is 2.80. The maximum absolute atomic E-state index is 6.09. The van der Waals surface area contributed by atoms with Gasteiger partial charge < -0.3 is 15.0 Å². The van der Waals surface area contributed by atoms with Gasteiger partial charge in [-0.05, 0) is 26.7 Å². The van der Waals surface area contributed by atoms with E-state index >= 15 is 0 Å². The molecule has 0 aliphatic carbocycles. The Morgan fingerprint density at radius 2 is 2.16 bits per heavy atom. The van der Waals surface area contributed by atoms with E-state index in [2.05, 4.69) is 29.0 Å². The molecule has 1 aromatic rings. The van der Waals surface area contributed by atoms with Gasteiger partial charge in [-0.1, -0.05) is 11.3 Å². The van der Waals surface area contributed by atoms with Gasteiger partial charge in [-0.2, -0.15) is 0 Å². The van der Waals surface area contributed by atoms with Gasteiger partial charge in [-0.25, -0.2) is 4.98 Å². The highest BCUT2D eigenvalue weighted by atomic mass is 32.1. The molecule has 0 radical (unpaired) electrons. The maximum Gasteiger partial charge on any atom is 0.273 e. The van der Waals surface area contributed by atoms with E-state index in [0.29, 0.717) is 12.1 Å². The van der Waals surface area contributed by atoms with Crippen molar-refractivity contribution < 1.29 is 4.74 Å². The van der Waals surface area contributed by atoms with Gasteiger partial charge in [0.25, 0.3) is 5.19 Å². The second-order valence-electron chi connectivity index (χ2n) is 5.72. The highest BCUT2D eigenvalue weighted by Crippen LogP contribution is 2.29. The minimum Gasteiger partial charge on any atom is -0.467 e. The molecular weight excluding hydrogens is 258 g/mol. The molecule has 0 saturated carbocycles. The summed E-state index contributed by atoms with van der Waals surface area (Å²) in [5, 5.41) is 4.27. The van der Waals surface area contributed by atoms with Crippen LogP contribution in [0.3, 0.4) is 0 Å². The molecule has 0 spiro atoms. The van der Waals surface area contributed by atoms with Crippen molar-refractivity contribution in [2.75, 3.05) is 19.6 Å². The fourth-order valence-corrected chi connectivity index (χ4v) is 3.80. The van der Waals surface area contributed by atoms with E-state index in [-0.39, 0.29) is 0 Å². The average molecular weight is 281 g/mol. The molecule has 0 amide bonds. The molecule has 0 atom stereocenters. The molecular formula is C14H23N3OS. The number of rotatable bonds is 3. The van der Waals surface area contributed by atoms with E-state index in [4.69, 9.17) is 4.74 Å². The first-order chi connectivity index (χ1) is 9.22. The van der Waals surface area contributed by atoms with Crippen LogP contribution in [-0.4, -0.2) is 41.7 Å². The van der Waals surface area contributed by atoms with Crippen LogP contribution in [0.2, 0.25) is 0 Å². The topological polar surface area (TPSA) is 37.4 Å². The summed E-state index contributed by atoms with van der Waals surface area (Å²) < 4.78 is 6.09. The summed E-state index contributed by atoms with van der Waals surface area (Å²) in [5.74, 6) is 0. The number of hydrogen-bond donors (Lipinski definition) is 1. The van der Waals surface area contributed by atoms with Gasteiger partial charge in [-0.3, -0.25) is 0 Å². The second-order valence-corrected chi connectivity index (χ2v) is 6.77. The van der Waals surface area contributed by atoms with Crippen LogP contribution in [0.5, 0.6) is 5.19 Å². The monoisotopic (exact) mass is 281 g/mol. The van der Waals surface area contributed by atoms with E-state index in [9.17, 15) is 0 Å². The van der Waals surface area contributed by atoms with Crippen molar-refractivity contribution in [2.45, 2.75) is 51.8 Å². The van der Waals surface area contributed by atoms with Crippen LogP contribution in [0.25, 0.3) is 0 Å². The summed E-state index contributed by atoms with van der Waals surface area (Å²) in [7, 11) is 0. The quantitative estimate of drug-likeness (QED) is 0.920. The number of ether oxygens (including phenoxy) is 1. The smallest absolute Gasteiger partial charge is 0.273 e. The predicted molar refractivity (Wildman–Crippen MR) is 77.9 cm³/mol. The lowest BCUT2D eigenvalue weighted by Gasteiger charge is -2.34. The lowest BCUT2D eigenvalue weighted by molar-refractivity contribution is 0.0840. The van der Waals surface area contributed by atoms with Crippen molar-refractivity contribution in [3.63, 3.8) is 0 Å². The zero-order valence-corrected chi connectivity index (χ0v) is 12.6. The van der Waals surface area contributed by atoms with Crippen LogP contribution in [0.15, 0.2) is 0 Å². The van der Waals surface area contributed by atoms with Gasteiger partial charge >= 0.3 is 0 Å². The first-order valence-corrected chi connectivity index (χ1v) is 8.14. The summed E-state index contributed by atoms with van der Waals surface area (Å²) in [5.41, 5.74) is 1.25. The van der Waals surface area contributed by atoms with E-state index in [1.54, 1.807) is 11.3 Å². The van der Waals surface area contributed by atoms with Crippen molar-refractivity contribution in [3.8, 4) is 5.19 Å². The molecule has 19 heavy (non-hydrogen) atoms. The Morgan fingerprint density at radius 1 is 1.37 bits per heavy atom. The van der Waals surface area contributed by atoms with Gasteiger partial charge in [0.2, 0.25) is 0 Å². The number of likely N-dealkylation sites (tertiary alicyclic amines) is 1. The van der Waals surface area contributed by atoms with Crippen molar-refractivity contribution in [1.29, 1.82) is 0 Å². The third-order valence-corrected chi connectivity index (χ3v) is 5.05. The highest BCUT2D eigenvalue weighted by molar-refractivity contribution is 7.13. The number of piperidine rings is 1. The van der Waals surface area contributed by atoms with Crippen molar-refractivity contribution in [1.82, 2.24) is 15.2 Å². The Morgan fingerprint density at radius 3 is 2.84 bits per heavy atom. The summed E-state index contributed by atoms with van der Waals surface area (Å²) in [6, 6.07) is 0.652. The molecule has 0 aromatic carbocycles. The average Bonchev–Trinajstić information content (AvgIpc) is 2.81. The lowest BCUT2D eigenvalue weighted by atomic mass is 10.1. The standard InChI is InChI=1S/C14H23N3OS/c1-10(2)17-7-4-11(5-8-17)18-14-16-12-3-6-15-9-13(12)19-14/h10-11,15H,3-9H2,1-2H3. The Bertz CT molecular complexity index is 401. The minimum atomic E-state index is 0.357. The Hall–Kier alpha value is -0.650. The second kappa shape index (κ2) is 5.77. The van der Waals surface area contributed by atoms with Crippen LogP contribution in [0.1, 0.15) is 37.3 Å². The van der Waals surface area contributed by atoms with Crippen LogP contribution in [-0.2, 0) is 13.0 Å². The molecule has 0 unspecified atom stereocenters. The number of nitrogens with zero attached hydrogens (tertiary/aromatic N) is 2.